The number of carbonyl (C=O) groups excluding carboxylic acids is 1. The number of amides is 1. The number of anilines is 2. The number of nitrogens with zero attached hydrogens (tertiary/aromatic N) is 4. The lowest BCUT2D eigenvalue weighted by Gasteiger charge is -2.33. The fourth-order valence-electron chi connectivity index (χ4n) is 3.27. The summed E-state index contributed by atoms with van der Waals surface area (Å²) in [4.78, 5) is 26.4. The first-order valence-corrected chi connectivity index (χ1v) is 9.77. The largest absolute Gasteiger partial charge is 0.478 e. The number of nitrogens with one attached hydrogen (secondary N) is 1. The molecule has 2 heterocycles. The third-order valence-corrected chi connectivity index (χ3v) is 5.23. The summed E-state index contributed by atoms with van der Waals surface area (Å²) in [5.74, 6) is 1.04. The average molecular weight is 412 g/mol. The zero-order chi connectivity index (χ0) is 20.4. The van der Waals surface area contributed by atoms with E-state index in [-0.39, 0.29) is 5.91 Å². The van der Waals surface area contributed by atoms with E-state index in [1.807, 2.05) is 12.1 Å². The predicted molar refractivity (Wildman–Crippen MR) is 115 cm³/mol. The van der Waals surface area contributed by atoms with Crippen molar-refractivity contribution in [1.82, 2.24) is 14.9 Å². The summed E-state index contributed by atoms with van der Waals surface area (Å²) in [6.45, 7) is 3.64. The molecule has 29 heavy (non-hydrogen) atoms. The van der Waals surface area contributed by atoms with Gasteiger partial charge in [-0.1, -0.05) is 11.6 Å². The molecule has 1 fully saturated rings. The minimum atomic E-state index is -0.207. The van der Waals surface area contributed by atoms with E-state index in [9.17, 15) is 4.79 Å². The molecule has 4 rings (SSSR count). The number of carbonyl (C=O) groups is 1. The van der Waals surface area contributed by atoms with Gasteiger partial charge in [-0.25, -0.2) is 9.97 Å². The standard InChI is InChI=1S/C21H22ClN5O2/c1-26-9-11-27(12-10-26)19-21(29-2)25-17-8-7-16(13-18(17)24-19)23-20(28)14-3-5-15(22)6-4-14/h3-8,13H,9-12H2,1-2H3,(H,23,28). The van der Waals surface area contributed by atoms with Crippen LogP contribution < -0.4 is 15.0 Å². The third-order valence-electron chi connectivity index (χ3n) is 4.98. The van der Waals surface area contributed by atoms with E-state index >= 15 is 0 Å². The molecule has 0 atom stereocenters. The van der Waals surface area contributed by atoms with Gasteiger partial charge in [0.1, 0.15) is 0 Å². The molecule has 0 aliphatic carbocycles. The number of ether oxygens (including phenoxy) is 1. The summed E-state index contributed by atoms with van der Waals surface area (Å²) in [6.07, 6.45) is 0. The molecule has 0 saturated carbocycles. The van der Waals surface area contributed by atoms with Crippen LogP contribution in [0.2, 0.25) is 5.02 Å². The van der Waals surface area contributed by atoms with Crippen LogP contribution >= 0.6 is 11.6 Å². The maximum atomic E-state index is 12.5. The van der Waals surface area contributed by atoms with E-state index in [4.69, 9.17) is 21.3 Å². The van der Waals surface area contributed by atoms with Crippen LogP contribution in [0.4, 0.5) is 11.5 Å². The first kappa shape index (κ1) is 19.4. The first-order valence-electron chi connectivity index (χ1n) is 9.40. The van der Waals surface area contributed by atoms with Crippen LogP contribution in [-0.4, -0.2) is 61.1 Å². The van der Waals surface area contributed by atoms with Crippen molar-refractivity contribution < 1.29 is 9.53 Å². The van der Waals surface area contributed by atoms with Gasteiger partial charge in [0.15, 0.2) is 5.82 Å². The normalized spacial score (nSPS) is 14.8. The smallest absolute Gasteiger partial charge is 0.257 e. The first-order chi connectivity index (χ1) is 14.0. The molecule has 1 aliphatic rings. The number of methoxy groups -OCH3 is 1. The zero-order valence-corrected chi connectivity index (χ0v) is 17.1. The Morgan fingerprint density at radius 2 is 1.76 bits per heavy atom. The maximum absolute atomic E-state index is 12.5. The minimum absolute atomic E-state index is 0.207. The second-order valence-corrected chi connectivity index (χ2v) is 7.45. The predicted octanol–water partition coefficient (Wildman–Crippen LogP) is 3.30. The SMILES string of the molecule is COc1nc2ccc(NC(=O)c3ccc(Cl)cc3)cc2nc1N1CCN(C)CC1. The van der Waals surface area contributed by atoms with E-state index in [1.54, 1.807) is 37.4 Å². The van der Waals surface area contributed by atoms with Gasteiger partial charge in [-0.05, 0) is 49.5 Å². The summed E-state index contributed by atoms with van der Waals surface area (Å²) >= 11 is 5.89. The van der Waals surface area contributed by atoms with Gasteiger partial charge in [0.2, 0.25) is 0 Å². The number of benzene rings is 2. The monoisotopic (exact) mass is 411 g/mol. The molecule has 1 aliphatic heterocycles. The van der Waals surface area contributed by atoms with Crippen molar-refractivity contribution in [2.24, 2.45) is 0 Å². The van der Waals surface area contributed by atoms with Gasteiger partial charge in [-0.3, -0.25) is 4.79 Å². The second kappa shape index (κ2) is 8.23. The summed E-state index contributed by atoms with van der Waals surface area (Å²) in [5.41, 5.74) is 2.60. The molecule has 0 bridgehead atoms. The number of hydrogen-bond donors (Lipinski definition) is 1. The van der Waals surface area contributed by atoms with Crippen LogP contribution in [0.5, 0.6) is 5.88 Å². The van der Waals surface area contributed by atoms with Crippen molar-refractivity contribution in [1.29, 1.82) is 0 Å². The van der Waals surface area contributed by atoms with Gasteiger partial charge in [0, 0.05) is 42.5 Å². The number of piperazine rings is 1. The van der Waals surface area contributed by atoms with E-state index < -0.39 is 0 Å². The Morgan fingerprint density at radius 1 is 1.03 bits per heavy atom. The van der Waals surface area contributed by atoms with Crippen molar-refractivity contribution in [2.75, 3.05) is 50.6 Å². The Bertz CT molecular complexity index is 1030. The van der Waals surface area contributed by atoms with Crippen LogP contribution in [-0.2, 0) is 0 Å². The molecule has 8 heteroatoms. The van der Waals surface area contributed by atoms with Gasteiger partial charge in [-0.15, -0.1) is 0 Å². The molecule has 2 aromatic carbocycles. The second-order valence-electron chi connectivity index (χ2n) is 7.01. The molecule has 1 saturated heterocycles. The lowest BCUT2D eigenvalue weighted by atomic mass is 10.2. The molecule has 1 aromatic heterocycles. The highest BCUT2D eigenvalue weighted by molar-refractivity contribution is 6.30. The Balaban J connectivity index is 1.62. The van der Waals surface area contributed by atoms with Crippen molar-refractivity contribution in [3.63, 3.8) is 0 Å². The zero-order valence-electron chi connectivity index (χ0n) is 16.4. The molecule has 3 aromatic rings. The number of rotatable bonds is 4. The highest BCUT2D eigenvalue weighted by Gasteiger charge is 2.21. The van der Waals surface area contributed by atoms with Gasteiger partial charge < -0.3 is 19.9 Å². The average Bonchev–Trinajstić information content (AvgIpc) is 2.73. The fraction of sp³-hybridized carbons (Fsp3) is 0.286. The van der Waals surface area contributed by atoms with Crippen LogP contribution in [0.25, 0.3) is 11.0 Å². The minimum Gasteiger partial charge on any atom is -0.478 e. The van der Waals surface area contributed by atoms with Gasteiger partial charge in [0.05, 0.1) is 18.1 Å². The number of halogens is 1. The molecular formula is C21H22ClN5O2. The number of aromatic nitrogens is 2. The van der Waals surface area contributed by atoms with Gasteiger partial charge >= 0.3 is 0 Å². The van der Waals surface area contributed by atoms with E-state index in [2.05, 4.69) is 27.1 Å². The van der Waals surface area contributed by atoms with Crippen molar-refractivity contribution >= 4 is 40.0 Å². The number of fused-ring (bicyclic) bond motifs is 1. The molecule has 1 N–H and O–H groups in total. The lowest BCUT2D eigenvalue weighted by molar-refractivity contribution is 0.102. The Labute approximate surface area is 174 Å². The highest BCUT2D eigenvalue weighted by atomic mass is 35.5. The quantitative estimate of drug-likeness (QED) is 0.710. The van der Waals surface area contributed by atoms with Crippen molar-refractivity contribution in [3.8, 4) is 5.88 Å². The van der Waals surface area contributed by atoms with Crippen molar-refractivity contribution in [2.45, 2.75) is 0 Å². The Morgan fingerprint density at radius 3 is 2.45 bits per heavy atom. The fourth-order valence-corrected chi connectivity index (χ4v) is 3.40. The molecular weight excluding hydrogens is 390 g/mol. The molecule has 0 unspecified atom stereocenters. The lowest BCUT2D eigenvalue weighted by Crippen LogP contribution is -2.45. The number of hydrogen-bond acceptors (Lipinski definition) is 6. The topological polar surface area (TPSA) is 70.6 Å². The van der Waals surface area contributed by atoms with Gasteiger partial charge in [0.25, 0.3) is 11.8 Å². The van der Waals surface area contributed by atoms with Crippen LogP contribution in [0.15, 0.2) is 42.5 Å². The molecule has 150 valence electrons. The summed E-state index contributed by atoms with van der Waals surface area (Å²) in [6, 6.07) is 12.2. The van der Waals surface area contributed by atoms with E-state index in [0.717, 1.165) is 32.0 Å². The molecule has 0 spiro atoms. The summed E-state index contributed by atoms with van der Waals surface area (Å²) < 4.78 is 5.49. The Hall–Kier alpha value is -2.90. The summed E-state index contributed by atoms with van der Waals surface area (Å²) in [7, 11) is 3.71. The molecule has 7 nitrogen and oxygen atoms in total. The van der Waals surface area contributed by atoms with Crippen LogP contribution in [0.3, 0.4) is 0 Å². The number of likely N-dealkylation sites (N-methyl/N-ethyl adjacent to an activating group) is 1. The summed E-state index contributed by atoms with van der Waals surface area (Å²) in [5, 5.41) is 3.49. The highest BCUT2D eigenvalue weighted by Crippen LogP contribution is 2.29. The van der Waals surface area contributed by atoms with Gasteiger partial charge in [-0.2, -0.15) is 0 Å². The van der Waals surface area contributed by atoms with Crippen LogP contribution in [0.1, 0.15) is 10.4 Å². The molecule has 1 amide bonds. The van der Waals surface area contributed by atoms with Crippen LogP contribution in [0, 0.1) is 0 Å². The van der Waals surface area contributed by atoms with Crippen molar-refractivity contribution in [3.05, 3.63) is 53.1 Å². The van der Waals surface area contributed by atoms with E-state index in [0.29, 0.717) is 33.2 Å². The Kier molecular flexibility index (Phi) is 5.51. The maximum Gasteiger partial charge on any atom is 0.257 e. The molecule has 0 radical (unpaired) electrons. The van der Waals surface area contributed by atoms with E-state index in [1.165, 1.54) is 0 Å². The third kappa shape index (κ3) is 4.26.